The van der Waals surface area contributed by atoms with Crippen LogP contribution in [0.1, 0.15) is 5.56 Å². The molecule has 30 heavy (non-hydrogen) atoms. The molecule has 0 aliphatic heterocycles. The molecule has 0 aliphatic carbocycles. The second-order valence-corrected chi connectivity index (χ2v) is 7.93. The molecule has 0 saturated carbocycles. The lowest BCUT2D eigenvalue weighted by molar-refractivity contribution is 0.207. The number of urea groups is 1. The molecule has 9 heteroatoms. The van der Waals surface area contributed by atoms with E-state index in [1.54, 1.807) is 48.5 Å². The number of nitrogens with one attached hydrogen (secondary N) is 3. The van der Waals surface area contributed by atoms with Gasteiger partial charge in [-0.1, -0.05) is 48.0 Å². The van der Waals surface area contributed by atoms with Crippen LogP contribution in [0.15, 0.2) is 83.8 Å². The molecule has 0 aromatic heterocycles. The van der Waals surface area contributed by atoms with E-state index in [1.165, 1.54) is 24.3 Å². The van der Waals surface area contributed by atoms with E-state index >= 15 is 0 Å². The van der Waals surface area contributed by atoms with Crippen molar-refractivity contribution in [2.24, 2.45) is 0 Å². The van der Waals surface area contributed by atoms with Crippen LogP contribution in [0, 0.1) is 6.92 Å². The standard InChI is InChI=1S/C21H19N3O5S/c1-15-11-13-17(14-12-15)30(27,28)24-21(26)29-19-10-6-5-9-18(19)23-20(25)22-16-7-3-2-4-8-16/h2-14H,1H3,(H,24,26)(H2,22,23,25). The minimum atomic E-state index is -4.10. The Morgan fingerprint density at radius 1 is 0.800 bits per heavy atom. The summed E-state index contributed by atoms with van der Waals surface area (Å²) in [6, 6.07) is 20.4. The summed E-state index contributed by atoms with van der Waals surface area (Å²) in [5, 5.41) is 5.19. The second-order valence-electron chi connectivity index (χ2n) is 6.25. The highest BCUT2D eigenvalue weighted by Crippen LogP contribution is 2.24. The fourth-order valence-electron chi connectivity index (χ4n) is 2.47. The van der Waals surface area contributed by atoms with Crippen molar-refractivity contribution in [2.75, 3.05) is 10.6 Å². The number of anilines is 2. The first-order chi connectivity index (χ1) is 14.3. The summed E-state index contributed by atoms with van der Waals surface area (Å²) in [7, 11) is -4.10. The van der Waals surface area contributed by atoms with E-state index in [0.717, 1.165) is 5.56 Å². The zero-order valence-corrected chi connectivity index (χ0v) is 16.8. The highest BCUT2D eigenvalue weighted by Gasteiger charge is 2.20. The molecule has 154 valence electrons. The average Bonchev–Trinajstić information content (AvgIpc) is 2.70. The van der Waals surface area contributed by atoms with Crippen LogP contribution < -0.4 is 20.1 Å². The van der Waals surface area contributed by atoms with Gasteiger partial charge in [-0.25, -0.2) is 22.7 Å². The number of hydrogen-bond acceptors (Lipinski definition) is 5. The summed E-state index contributed by atoms with van der Waals surface area (Å²) < 4.78 is 31.6. The molecule has 3 aromatic carbocycles. The van der Waals surface area contributed by atoms with Crippen LogP contribution >= 0.6 is 0 Å². The predicted octanol–water partition coefficient (Wildman–Crippen LogP) is 4.12. The number of carbonyl (C=O) groups is 2. The molecular formula is C21H19N3O5S. The maximum Gasteiger partial charge on any atom is 0.426 e. The summed E-state index contributed by atoms with van der Waals surface area (Å²) in [6.07, 6.45) is -1.20. The Bertz CT molecular complexity index is 1150. The molecule has 0 heterocycles. The van der Waals surface area contributed by atoms with Crippen molar-refractivity contribution < 1.29 is 22.7 Å². The molecule has 3 N–H and O–H groups in total. The van der Waals surface area contributed by atoms with E-state index in [4.69, 9.17) is 4.74 Å². The van der Waals surface area contributed by atoms with E-state index in [1.807, 2.05) is 17.7 Å². The van der Waals surface area contributed by atoms with Crippen molar-refractivity contribution in [1.29, 1.82) is 0 Å². The Balaban J connectivity index is 1.67. The Morgan fingerprint density at radius 3 is 2.13 bits per heavy atom. The van der Waals surface area contributed by atoms with Gasteiger partial charge in [0, 0.05) is 5.69 Å². The lowest BCUT2D eigenvalue weighted by Crippen LogP contribution is -2.33. The number of benzene rings is 3. The average molecular weight is 425 g/mol. The Hall–Kier alpha value is -3.85. The number of sulfonamides is 1. The maximum absolute atomic E-state index is 12.3. The SMILES string of the molecule is Cc1ccc(S(=O)(=O)NC(=O)Oc2ccccc2NC(=O)Nc2ccccc2)cc1. The molecule has 0 fully saturated rings. The van der Waals surface area contributed by atoms with Gasteiger partial charge in [-0.2, -0.15) is 0 Å². The molecule has 0 saturated heterocycles. The minimum absolute atomic E-state index is 0.0164. The third-order valence-electron chi connectivity index (χ3n) is 3.92. The third kappa shape index (κ3) is 5.58. The monoisotopic (exact) mass is 425 g/mol. The Kier molecular flexibility index (Phi) is 6.33. The zero-order valence-electron chi connectivity index (χ0n) is 16.0. The molecule has 0 atom stereocenters. The topological polar surface area (TPSA) is 114 Å². The molecule has 0 radical (unpaired) electrons. The van der Waals surface area contributed by atoms with E-state index in [9.17, 15) is 18.0 Å². The van der Waals surface area contributed by atoms with E-state index in [-0.39, 0.29) is 16.3 Å². The van der Waals surface area contributed by atoms with Crippen molar-refractivity contribution in [2.45, 2.75) is 11.8 Å². The number of ether oxygens (including phenoxy) is 1. The van der Waals surface area contributed by atoms with Crippen molar-refractivity contribution >= 4 is 33.5 Å². The fraction of sp³-hybridized carbons (Fsp3) is 0.0476. The summed E-state index contributed by atoms with van der Waals surface area (Å²) in [5.74, 6) is -0.0164. The van der Waals surface area contributed by atoms with Gasteiger partial charge in [-0.15, -0.1) is 0 Å². The summed E-state index contributed by atoms with van der Waals surface area (Å²) in [6.45, 7) is 1.82. The van der Waals surface area contributed by atoms with Crippen LogP contribution in [0.25, 0.3) is 0 Å². The quantitative estimate of drug-likeness (QED) is 0.569. The molecule has 0 unspecified atom stereocenters. The van der Waals surface area contributed by atoms with E-state index in [2.05, 4.69) is 10.6 Å². The van der Waals surface area contributed by atoms with Gasteiger partial charge in [0.2, 0.25) is 0 Å². The first-order valence-electron chi connectivity index (χ1n) is 8.87. The van der Waals surface area contributed by atoms with Gasteiger partial charge < -0.3 is 15.4 Å². The molecular weight excluding hydrogens is 406 g/mol. The van der Waals surface area contributed by atoms with Gasteiger partial charge in [0.15, 0.2) is 5.75 Å². The number of aryl methyl sites for hydroxylation is 1. The number of amides is 3. The van der Waals surface area contributed by atoms with Crippen molar-refractivity contribution in [3.8, 4) is 5.75 Å². The first-order valence-corrected chi connectivity index (χ1v) is 10.4. The van der Waals surface area contributed by atoms with Crippen LogP contribution in [0.3, 0.4) is 0 Å². The fourth-order valence-corrected chi connectivity index (χ4v) is 3.35. The lowest BCUT2D eigenvalue weighted by Gasteiger charge is -2.13. The summed E-state index contributed by atoms with van der Waals surface area (Å²) in [4.78, 5) is 24.3. The van der Waals surface area contributed by atoms with Gasteiger partial charge >= 0.3 is 12.1 Å². The molecule has 0 spiro atoms. The number of carbonyl (C=O) groups excluding carboxylic acids is 2. The highest BCUT2D eigenvalue weighted by molar-refractivity contribution is 7.90. The van der Waals surface area contributed by atoms with Crippen molar-refractivity contribution in [1.82, 2.24) is 4.72 Å². The van der Waals surface area contributed by atoms with Crippen LogP contribution in [0.2, 0.25) is 0 Å². The highest BCUT2D eigenvalue weighted by atomic mass is 32.2. The lowest BCUT2D eigenvalue weighted by atomic mass is 10.2. The van der Waals surface area contributed by atoms with Crippen LogP contribution in [0.4, 0.5) is 21.0 Å². The second kappa shape index (κ2) is 9.10. The van der Waals surface area contributed by atoms with E-state index in [0.29, 0.717) is 5.69 Å². The summed E-state index contributed by atoms with van der Waals surface area (Å²) in [5.41, 5.74) is 1.65. The normalized spacial score (nSPS) is 10.7. The zero-order chi connectivity index (χ0) is 21.6. The van der Waals surface area contributed by atoms with Gasteiger partial charge in [0.1, 0.15) is 0 Å². The predicted molar refractivity (Wildman–Crippen MR) is 113 cm³/mol. The summed E-state index contributed by atoms with van der Waals surface area (Å²) >= 11 is 0. The maximum atomic E-state index is 12.3. The van der Waals surface area contributed by atoms with Gasteiger partial charge in [-0.3, -0.25) is 0 Å². The molecule has 3 aromatic rings. The van der Waals surface area contributed by atoms with Gasteiger partial charge in [0.05, 0.1) is 10.6 Å². The van der Waals surface area contributed by atoms with Crippen LogP contribution in [0.5, 0.6) is 5.75 Å². The molecule has 3 amide bonds. The molecule has 3 rings (SSSR count). The number of hydrogen-bond donors (Lipinski definition) is 3. The number of para-hydroxylation sites is 3. The van der Waals surface area contributed by atoms with Gasteiger partial charge in [0.25, 0.3) is 10.0 Å². The van der Waals surface area contributed by atoms with Crippen molar-refractivity contribution in [3.63, 3.8) is 0 Å². The van der Waals surface area contributed by atoms with E-state index < -0.39 is 22.1 Å². The van der Waals surface area contributed by atoms with Crippen molar-refractivity contribution in [3.05, 3.63) is 84.4 Å². The smallest absolute Gasteiger partial charge is 0.407 e. The third-order valence-corrected chi connectivity index (χ3v) is 5.25. The molecule has 0 aliphatic rings. The minimum Gasteiger partial charge on any atom is -0.407 e. The molecule has 8 nitrogen and oxygen atoms in total. The largest absolute Gasteiger partial charge is 0.426 e. The number of rotatable bonds is 5. The first kappa shape index (κ1) is 20.9. The van der Waals surface area contributed by atoms with Crippen LogP contribution in [-0.2, 0) is 10.0 Å². The van der Waals surface area contributed by atoms with Crippen LogP contribution in [-0.4, -0.2) is 20.5 Å². The van der Waals surface area contributed by atoms with Gasteiger partial charge in [-0.05, 0) is 43.3 Å². The Morgan fingerprint density at radius 2 is 1.43 bits per heavy atom. The Labute approximate surface area is 173 Å². The molecule has 0 bridgehead atoms.